The zero-order valence-electron chi connectivity index (χ0n) is 16.1. The molecule has 0 saturated carbocycles. The van der Waals surface area contributed by atoms with E-state index in [2.05, 4.69) is 10.2 Å². The zero-order valence-corrected chi connectivity index (χ0v) is 17.0. The Hall–Kier alpha value is -2.60. The SMILES string of the molecule is CCOc1cc(C(=S)N2CCCCC2)ccc1OCC(=O)Nc1ccccc1. The highest BCUT2D eigenvalue weighted by molar-refractivity contribution is 7.80. The van der Waals surface area contributed by atoms with Crippen LogP contribution in [0, 0.1) is 0 Å². The van der Waals surface area contributed by atoms with Crippen molar-refractivity contribution in [3.8, 4) is 11.5 Å². The van der Waals surface area contributed by atoms with Gasteiger partial charge in [0.15, 0.2) is 18.1 Å². The summed E-state index contributed by atoms with van der Waals surface area (Å²) in [6.45, 7) is 4.33. The lowest BCUT2D eigenvalue weighted by atomic mass is 10.1. The number of likely N-dealkylation sites (tertiary alicyclic amines) is 1. The molecule has 5 nitrogen and oxygen atoms in total. The molecule has 6 heteroatoms. The van der Waals surface area contributed by atoms with E-state index < -0.39 is 0 Å². The Bertz CT molecular complexity index is 805. The van der Waals surface area contributed by atoms with E-state index in [1.54, 1.807) is 0 Å². The Labute approximate surface area is 171 Å². The number of amides is 1. The molecule has 0 atom stereocenters. The fraction of sp³-hybridized carbons (Fsp3) is 0.364. The van der Waals surface area contributed by atoms with E-state index in [0.717, 1.165) is 29.3 Å². The van der Waals surface area contributed by atoms with Gasteiger partial charge in [0.1, 0.15) is 4.99 Å². The van der Waals surface area contributed by atoms with E-state index in [9.17, 15) is 4.79 Å². The second-order valence-corrected chi connectivity index (χ2v) is 7.04. The normalized spacial score (nSPS) is 13.7. The molecule has 0 bridgehead atoms. The maximum atomic E-state index is 12.1. The molecule has 1 fully saturated rings. The molecule has 1 amide bonds. The third kappa shape index (κ3) is 5.45. The highest BCUT2D eigenvalue weighted by Crippen LogP contribution is 2.29. The van der Waals surface area contributed by atoms with Crippen LogP contribution < -0.4 is 14.8 Å². The van der Waals surface area contributed by atoms with Crippen molar-refractivity contribution in [3.63, 3.8) is 0 Å². The third-order valence-electron chi connectivity index (χ3n) is 4.55. The molecule has 0 aromatic heterocycles. The predicted octanol–water partition coefficient (Wildman–Crippen LogP) is 4.26. The van der Waals surface area contributed by atoms with Gasteiger partial charge in [-0.15, -0.1) is 0 Å². The van der Waals surface area contributed by atoms with Gasteiger partial charge in [-0.3, -0.25) is 4.79 Å². The number of nitrogens with zero attached hydrogens (tertiary/aromatic N) is 1. The highest BCUT2D eigenvalue weighted by atomic mass is 32.1. The Morgan fingerprint density at radius 2 is 1.79 bits per heavy atom. The summed E-state index contributed by atoms with van der Waals surface area (Å²) in [7, 11) is 0. The number of thiocarbonyl (C=S) groups is 1. The summed E-state index contributed by atoms with van der Waals surface area (Å²) >= 11 is 5.67. The first-order chi connectivity index (χ1) is 13.7. The lowest BCUT2D eigenvalue weighted by Gasteiger charge is -2.29. The first kappa shape index (κ1) is 20.1. The zero-order chi connectivity index (χ0) is 19.8. The van der Waals surface area contributed by atoms with Gasteiger partial charge in [0, 0.05) is 24.3 Å². The Kier molecular flexibility index (Phi) is 7.25. The molecule has 28 heavy (non-hydrogen) atoms. The number of carbonyl (C=O) groups is 1. The average Bonchev–Trinajstić information content (AvgIpc) is 2.74. The van der Waals surface area contributed by atoms with Gasteiger partial charge in [-0.25, -0.2) is 0 Å². The van der Waals surface area contributed by atoms with E-state index >= 15 is 0 Å². The molecule has 1 aliphatic heterocycles. The number of carbonyl (C=O) groups excluding carboxylic acids is 1. The van der Waals surface area contributed by atoms with Crippen molar-refractivity contribution in [2.24, 2.45) is 0 Å². The van der Waals surface area contributed by atoms with Gasteiger partial charge in [0.2, 0.25) is 0 Å². The Morgan fingerprint density at radius 3 is 2.50 bits per heavy atom. The number of nitrogens with one attached hydrogen (secondary N) is 1. The predicted molar refractivity (Wildman–Crippen MR) is 115 cm³/mol. The minimum Gasteiger partial charge on any atom is -0.490 e. The molecule has 1 aliphatic rings. The second-order valence-electron chi connectivity index (χ2n) is 6.65. The van der Waals surface area contributed by atoms with Gasteiger partial charge in [0.05, 0.1) is 6.61 Å². The van der Waals surface area contributed by atoms with E-state index in [-0.39, 0.29) is 12.5 Å². The number of benzene rings is 2. The van der Waals surface area contributed by atoms with Crippen LogP contribution in [-0.2, 0) is 4.79 Å². The van der Waals surface area contributed by atoms with Crippen molar-refractivity contribution in [3.05, 3.63) is 54.1 Å². The summed E-state index contributed by atoms with van der Waals surface area (Å²) in [5.74, 6) is 0.920. The lowest BCUT2D eigenvalue weighted by molar-refractivity contribution is -0.118. The molecule has 2 aromatic rings. The molecule has 0 unspecified atom stereocenters. The molecule has 0 spiro atoms. The smallest absolute Gasteiger partial charge is 0.262 e. The summed E-state index contributed by atoms with van der Waals surface area (Å²) in [5.41, 5.74) is 1.68. The minimum atomic E-state index is -0.221. The van der Waals surface area contributed by atoms with Crippen LogP contribution in [0.15, 0.2) is 48.5 Å². The van der Waals surface area contributed by atoms with Crippen LogP contribution in [0.3, 0.4) is 0 Å². The number of piperidine rings is 1. The van der Waals surface area contributed by atoms with Crippen molar-refractivity contribution in [1.82, 2.24) is 4.90 Å². The third-order valence-corrected chi connectivity index (χ3v) is 5.04. The number of anilines is 1. The van der Waals surface area contributed by atoms with E-state index in [0.29, 0.717) is 18.1 Å². The minimum absolute atomic E-state index is 0.0924. The topological polar surface area (TPSA) is 50.8 Å². The molecule has 2 aromatic carbocycles. The van der Waals surface area contributed by atoms with Gasteiger partial charge in [-0.05, 0) is 56.5 Å². The number of rotatable bonds is 7. The quantitative estimate of drug-likeness (QED) is 0.706. The summed E-state index contributed by atoms with van der Waals surface area (Å²) in [5, 5.41) is 2.80. The van der Waals surface area contributed by atoms with Crippen LogP contribution in [0.2, 0.25) is 0 Å². The summed E-state index contributed by atoms with van der Waals surface area (Å²) < 4.78 is 11.4. The van der Waals surface area contributed by atoms with Crippen molar-refractivity contribution in [1.29, 1.82) is 0 Å². The number of para-hydroxylation sites is 1. The van der Waals surface area contributed by atoms with Gasteiger partial charge in [0.25, 0.3) is 5.91 Å². The molecular weight excluding hydrogens is 372 g/mol. The van der Waals surface area contributed by atoms with E-state index in [1.165, 1.54) is 19.3 Å². The number of ether oxygens (including phenoxy) is 2. The monoisotopic (exact) mass is 398 g/mol. The molecular formula is C22H26N2O3S. The van der Waals surface area contributed by atoms with Crippen LogP contribution in [0.4, 0.5) is 5.69 Å². The Morgan fingerprint density at radius 1 is 1.04 bits per heavy atom. The molecule has 0 radical (unpaired) electrons. The summed E-state index contributed by atoms with van der Waals surface area (Å²) in [4.78, 5) is 15.2. The molecule has 148 valence electrons. The van der Waals surface area contributed by atoms with Gasteiger partial charge >= 0.3 is 0 Å². The van der Waals surface area contributed by atoms with Crippen LogP contribution in [0.5, 0.6) is 11.5 Å². The van der Waals surface area contributed by atoms with E-state index in [4.69, 9.17) is 21.7 Å². The standard InChI is InChI=1S/C22H26N2O3S/c1-2-26-20-15-17(22(28)24-13-7-4-8-14-24)11-12-19(20)27-16-21(25)23-18-9-5-3-6-10-18/h3,5-6,9-12,15H,2,4,7-8,13-14,16H2,1H3,(H,23,25). The highest BCUT2D eigenvalue weighted by Gasteiger charge is 2.17. The lowest BCUT2D eigenvalue weighted by Crippen LogP contribution is -2.34. The van der Waals surface area contributed by atoms with Gasteiger partial charge in [-0.1, -0.05) is 30.4 Å². The van der Waals surface area contributed by atoms with Crippen molar-refractivity contribution in [2.75, 3.05) is 31.6 Å². The van der Waals surface area contributed by atoms with Crippen molar-refractivity contribution >= 4 is 28.8 Å². The molecule has 1 saturated heterocycles. The van der Waals surface area contributed by atoms with Crippen LogP contribution in [0.1, 0.15) is 31.7 Å². The molecule has 1 N–H and O–H groups in total. The molecule has 3 rings (SSSR count). The fourth-order valence-corrected chi connectivity index (χ4v) is 3.48. The average molecular weight is 399 g/mol. The maximum Gasteiger partial charge on any atom is 0.262 e. The first-order valence-electron chi connectivity index (χ1n) is 9.71. The second kappa shape index (κ2) is 10.1. The largest absolute Gasteiger partial charge is 0.490 e. The number of hydrogen-bond acceptors (Lipinski definition) is 4. The van der Waals surface area contributed by atoms with Gasteiger partial charge < -0.3 is 19.7 Å². The summed E-state index contributed by atoms with van der Waals surface area (Å²) in [6.07, 6.45) is 3.62. The van der Waals surface area contributed by atoms with Crippen LogP contribution in [0.25, 0.3) is 0 Å². The van der Waals surface area contributed by atoms with Crippen molar-refractivity contribution < 1.29 is 14.3 Å². The van der Waals surface area contributed by atoms with Crippen LogP contribution in [-0.4, -0.2) is 42.1 Å². The van der Waals surface area contributed by atoms with Crippen molar-refractivity contribution in [2.45, 2.75) is 26.2 Å². The number of hydrogen-bond donors (Lipinski definition) is 1. The maximum absolute atomic E-state index is 12.1. The van der Waals surface area contributed by atoms with E-state index in [1.807, 2.05) is 55.5 Å². The first-order valence-corrected chi connectivity index (χ1v) is 10.1. The summed E-state index contributed by atoms with van der Waals surface area (Å²) in [6, 6.07) is 15.0. The van der Waals surface area contributed by atoms with Gasteiger partial charge in [-0.2, -0.15) is 0 Å². The van der Waals surface area contributed by atoms with Crippen LogP contribution >= 0.6 is 12.2 Å². The Balaban J connectivity index is 1.65. The fourth-order valence-electron chi connectivity index (χ4n) is 3.17. The molecule has 1 heterocycles. The molecule has 0 aliphatic carbocycles.